The van der Waals surface area contributed by atoms with E-state index >= 15 is 0 Å². The Morgan fingerprint density at radius 3 is 2.54 bits per heavy atom. The molecule has 3 heterocycles. The average molecular weight is 379 g/mol. The fourth-order valence-corrected chi connectivity index (χ4v) is 3.71. The van der Waals surface area contributed by atoms with Gasteiger partial charge in [0.25, 0.3) is 0 Å². The lowest BCUT2D eigenvalue weighted by molar-refractivity contribution is 0.311. The average Bonchev–Trinajstić information content (AvgIpc) is 3.15. The van der Waals surface area contributed by atoms with E-state index in [-0.39, 0.29) is 6.61 Å². The molecule has 0 spiro atoms. The number of likely N-dealkylation sites (N-methyl/N-ethyl adjacent to an activating group) is 1. The standard InChI is InChI=1S/C20H25N7O/c1-25-7-9-27(10-8-25)16-4-2-15(3-5-16)19-17-12-26(14-21)13-18(17)23-20(24-19)22-6-11-28/h2-5,28H,6-13H2,1H3,(H,22,23,24). The first-order chi connectivity index (χ1) is 13.7. The van der Waals surface area contributed by atoms with Crippen LogP contribution in [0.2, 0.25) is 0 Å². The molecule has 0 unspecified atom stereocenters. The molecule has 2 aliphatic heterocycles. The number of piperazine rings is 1. The number of anilines is 2. The molecule has 2 aromatic rings. The molecule has 1 saturated heterocycles. The number of aliphatic hydroxyl groups excluding tert-OH is 1. The van der Waals surface area contributed by atoms with E-state index in [9.17, 15) is 5.26 Å². The summed E-state index contributed by atoms with van der Waals surface area (Å²) < 4.78 is 0. The van der Waals surface area contributed by atoms with Crippen molar-refractivity contribution in [2.45, 2.75) is 13.1 Å². The van der Waals surface area contributed by atoms with Gasteiger partial charge in [0.15, 0.2) is 6.19 Å². The van der Waals surface area contributed by atoms with Crippen LogP contribution < -0.4 is 10.2 Å². The molecule has 0 aliphatic carbocycles. The van der Waals surface area contributed by atoms with Crippen molar-refractivity contribution < 1.29 is 5.11 Å². The van der Waals surface area contributed by atoms with Gasteiger partial charge in [0.1, 0.15) is 0 Å². The Labute approximate surface area is 165 Å². The quantitative estimate of drug-likeness (QED) is 0.746. The van der Waals surface area contributed by atoms with E-state index in [0.717, 1.165) is 48.7 Å². The number of rotatable bonds is 5. The summed E-state index contributed by atoms with van der Waals surface area (Å²) in [5.41, 5.74) is 4.97. The van der Waals surface area contributed by atoms with Crippen LogP contribution in [-0.4, -0.2) is 71.3 Å². The maximum Gasteiger partial charge on any atom is 0.223 e. The van der Waals surface area contributed by atoms with E-state index in [2.05, 4.69) is 62.6 Å². The fraction of sp³-hybridized carbons (Fsp3) is 0.450. The Hall–Kier alpha value is -2.89. The summed E-state index contributed by atoms with van der Waals surface area (Å²) in [5.74, 6) is 0.491. The van der Waals surface area contributed by atoms with Gasteiger partial charge in [0.2, 0.25) is 5.95 Å². The normalized spacial score (nSPS) is 16.8. The number of nitrogens with zero attached hydrogens (tertiary/aromatic N) is 6. The smallest absolute Gasteiger partial charge is 0.223 e. The van der Waals surface area contributed by atoms with Gasteiger partial charge in [-0.25, -0.2) is 9.97 Å². The van der Waals surface area contributed by atoms with E-state index in [1.807, 2.05) is 0 Å². The molecule has 0 amide bonds. The Morgan fingerprint density at radius 1 is 1.11 bits per heavy atom. The SMILES string of the molecule is CN1CCN(c2ccc(-c3nc(NCCO)nc4c3CN(C#N)C4)cc2)CC1. The molecule has 146 valence electrons. The van der Waals surface area contributed by atoms with Crippen LogP contribution in [0.1, 0.15) is 11.3 Å². The van der Waals surface area contributed by atoms with E-state index in [1.165, 1.54) is 5.69 Å². The van der Waals surface area contributed by atoms with E-state index in [0.29, 0.717) is 25.6 Å². The zero-order valence-electron chi connectivity index (χ0n) is 16.1. The van der Waals surface area contributed by atoms with Crippen molar-refractivity contribution in [2.75, 3.05) is 56.6 Å². The summed E-state index contributed by atoms with van der Waals surface area (Å²) in [5, 5.41) is 21.4. The van der Waals surface area contributed by atoms with Gasteiger partial charge in [0.05, 0.1) is 31.1 Å². The van der Waals surface area contributed by atoms with Crippen LogP contribution in [-0.2, 0) is 13.1 Å². The van der Waals surface area contributed by atoms with Crippen LogP contribution in [0.15, 0.2) is 24.3 Å². The third kappa shape index (κ3) is 3.72. The maximum atomic E-state index is 9.28. The minimum Gasteiger partial charge on any atom is -0.395 e. The molecular weight excluding hydrogens is 354 g/mol. The predicted octanol–water partition coefficient (Wildman–Crippen LogP) is 1.10. The highest BCUT2D eigenvalue weighted by Crippen LogP contribution is 2.32. The van der Waals surface area contributed by atoms with Crippen molar-refractivity contribution in [2.24, 2.45) is 0 Å². The summed E-state index contributed by atoms with van der Waals surface area (Å²) in [6.07, 6.45) is 2.20. The number of hydrogen-bond donors (Lipinski definition) is 2. The Balaban J connectivity index is 1.63. The molecule has 1 aromatic carbocycles. The van der Waals surface area contributed by atoms with Crippen LogP contribution in [0.4, 0.5) is 11.6 Å². The number of nitrogens with one attached hydrogen (secondary N) is 1. The second kappa shape index (κ2) is 8.00. The van der Waals surface area contributed by atoms with Crippen molar-refractivity contribution in [1.29, 1.82) is 5.26 Å². The molecule has 8 nitrogen and oxygen atoms in total. The lowest BCUT2D eigenvalue weighted by Crippen LogP contribution is -2.44. The van der Waals surface area contributed by atoms with Crippen LogP contribution in [0, 0.1) is 11.5 Å². The van der Waals surface area contributed by atoms with Gasteiger partial charge in [-0.1, -0.05) is 12.1 Å². The molecule has 1 aromatic heterocycles. The Bertz CT molecular complexity index is 869. The van der Waals surface area contributed by atoms with Gasteiger partial charge < -0.3 is 25.1 Å². The molecule has 0 atom stereocenters. The molecule has 2 N–H and O–H groups in total. The number of aliphatic hydroxyl groups is 1. The summed E-state index contributed by atoms with van der Waals surface area (Å²) >= 11 is 0. The van der Waals surface area contributed by atoms with Crippen LogP contribution in [0.25, 0.3) is 11.3 Å². The van der Waals surface area contributed by atoms with Crippen molar-refractivity contribution in [3.8, 4) is 17.5 Å². The molecule has 1 fully saturated rings. The third-order valence-electron chi connectivity index (χ3n) is 5.33. The highest BCUT2D eigenvalue weighted by Gasteiger charge is 2.25. The fourth-order valence-electron chi connectivity index (χ4n) is 3.71. The maximum absolute atomic E-state index is 9.28. The largest absolute Gasteiger partial charge is 0.395 e. The number of fused-ring (bicyclic) bond motifs is 1. The lowest BCUT2D eigenvalue weighted by atomic mass is 10.0. The van der Waals surface area contributed by atoms with Gasteiger partial charge >= 0.3 is 0 Å². The summed E-state index contributed by atoms with van der Waals surface area (Å²) in [6.45, 7) is 5.64. The van der Waals surface area contributed by atoms with E-state index in [1.54, 1.807) is 4.90 Å². The van der Waals surface area contributed by atoms with E-state index < -0.39 is 0 Å². The lowest BCUT2D eigenvalue weighted by Gasteiger charge is -2.34. The monoisotopic (exact) mass is 379 g/mol. The van der Waals surface area contributed by atoms with Gasteiger partial charge in [-0.2, -0.15) is 5.26 Å². The minimum atomic E-state index is 0.0137. The van der Waals surface area contributed by atoms with Crippen molar-refractivity contribution in [3.05, 3.63) is 35.5 Å². The number of aromatic nitrogens is 2. The first-order valence-corrected chi connectivity index (χ1v) is 9.61. The Kier molecular flexibility index (Phi) is 5.28. The molecule has 4 rings (SSSR count). The minimum absolute atomic E-state index is 0.0137. The first-order valence-electron chi connectivity index (χ1n) is 9.61. The molecule has 8 heteroatoms. The summed E-state index contributed by atoms with van der Waals surface area (Å²) in [6, 6.07) is 8.49. The molecule has 0 radical (unpaired) electrons. The second-order valence-electron chi connectivity index (χ2n) is 7.26. The third-order valence-corrected chi connectivity index (χ3v) is 5.33. The zero-order valence-corrected chi connectivity index (χ0v) is 16.1. The van der Waals surface area contributed by atoms with Gasteiger partial charge in [-0.05, 0) is 19.2 Å². The highest BCUT2D eigenvalue weighted by atomic mass is 16.3. The van der Waals surface area contributed by atoms with E-state index in [4.69, 9.17) is 5.11 Å². The summed E-state index contributed by atoms with van der Waals surface area (Å²) in [4.78, 5) is 15.6. The molecular formula is C20H25N7O. The highest BCUT2D eigenvalue weighted by molar-refractivity contribution is 5.68. The van der Waals surface area contributed by atoms with Gasteiger partial charge in [0, 0.05) is 49.5 Å². The molecule has 2 aliphatic rings. The second-order valence-corrected chi connectivity index (χ2v) is 7.26. The Morgan fingerprint density at radius 2 is 1.86 bits per heavy atom. The number of benzene rings is 1. The summed E-state index contributed by atoms with van der Waals surface area (Å²) in [7, 11) is 2.16. The van der Waals surface area contributed by atoms with Gasteiger partial charge in [-0.15, -0.1) is 0 Å². The van der Waals surface area contributed by atoms with Crippen molar-refractivity contribution in [3.63, 3.8) is 0 Å². The van der Waals surface area contributed by atoms with Crippen molar-refractivity contribution >= 4 is 11.6 Å². The molecule has 0 saturated carbocycles. The topological polar surface area (TPSA) is 91.5 Å². The predicted molar refractivity (Wildman–Crippen MR) is 108 cm³/mol. The van der Waals surface area contributed by atoms with Crippen molar-refractivity contribution in [1.82, 2.24) is 19.8 Å². The first kappa shape index (κ1) is 18.5. The van der Waals surface area contributed by atoms with Crippen LogP contribution in [0.3, 0.4) is 0 Å². The molecule has 28 heavy (non-hydrogen) atoms. The van der Waals surface area contributed by atoms with Gasteiger partial charge in [-0.3, -0.25) is 0 Å². The zero-order chi connectivity index (χ0) is 19.5. The number of hydrogen-bond acceptors (Lipinski definition) is 8. The van der Waals surface area contributed by atoms with Crippen LogP contribution in [0.5, 0.6) is 0 Å². The number of nitriles is 1. The molecule has 0 bridgehead atoms. The van der Waals surface area contributed by atoms with Crippen LogP contribution >= 0.6 is 0 Å².